The molecular weight excluding hydrogens is 568 g/mol. The molecule has 13 heteroatoms. The minimum absolute atomic E-state index is 0.0108. The Hall–Kier alpha value is -2.80. The van der Waals surface area contributed by atoms with Crippen molar-refractivity contribution < 1.29 is 36.0 Å². The van der Waals surface area contributed by atoms with Gasteiger partial charge in [-0.25, -0.2) is 22.0 Å². The number of hydrogen-bond donors (Lipinski definition) is 1. The van der Waals surface area contributed by atoms with E-state index in [0.29, 0.717) is 22.3 Å². The van der Waals surface area contributed by atoms with E-state index >= 15 is 0 Å². The summed E-state index contributed by atoms with van der Waals surface area (Å²) in [5, 5.41) is 5.23. The van der Waals surface area contributed by atoms with Crippen LogP contribution in [-0.4, -0.2) is 70.1 Å². The minimum Gasteiger partial charge on any atom is -0.450 e. The zero-order valence-corrected chi connectivity index (χ0v) is 23.9. The smallest absolute Gasteiger partial charge is 0.322 e. The molecule has 4 rings (SSSR count). The summed E-state index contributed by atoms with van der Waals surface area (Å²) in [5.74, 6) is -2.78. The van der Waals surface area contributed by atoms with Gasteiger partial charge in [0.1, 0.15) is 5.92 Å². The molecule has 2 aliphatic rings. The van der Waals surface area contributed by atoms with E-state index < -0.39 is 37.3 Å². The minimum atomic E-state index is -3.65. The number of sulfonamides is 1. The van der Waals surface area contributed by atoms with Crippen LogP contribution in [0.3, 0.4) is 0 Å². The molecular formula is C26H29ClN2O8S2. The third-order valence-corrected chi connectivity index (χ3v) is 9.51. The first kappa shape index (κ1) is 29.2. The van der Waals surface area contributed by atoms with Gasteiger partial charge >= 0.3 is 5.97 Å². The van der Waals surface area contributed by atoms with E-state index in [-0.39, 0.29) is 66.1 Å². The van der Waals surface area contributed by atoms with Crippen LogP contribution in [0, 0.1) is 6.92 Å². The van der Waals surface area contributed by atoms with Crippen LogP contribution in [0.5, 0.6) is 0 Å². The fourth-order valence-corrected chi connectivity index (χ4v) is 6.61. The van der Waals surface area contributed by atoms with Crippen LogP contribution in [0.25, 0.3) is 11.1 Å². The van der Waals surface area contributed by atoms with Crippen molar-refractivity contribution in [3.63, 3.8) is 0 Å². The molecule has 2 heterocycles. The number of amides is 1. The first-order chi connectivity index (χ1) is 18.1. The van der Waals surface area contributed by atoms with Crippen molar-refractivity contribution >= 4 is 49.1 Å². The van der Waals surface area contributed by atoms with Crippen molar-refractivity contribution in [3.05, 3.63) is 52.5 Å². The number of sulfone groups is 1. The Kier molecular flexibility index (Phi) is 7.96. The largest absolute Gasteiger partial charge is 0.450 e. The number of rotatable bonds is 7. The maximum Gasteiger partial charge on any atom is 0.322 e. The maximum atomic E-state index is 13.6. The number of piperidine rings is 1. The van der Waals surface area contributed by atoms with Crippen LogP contribution >= 0.6 is 11.6 Å². The van der Waals surface area contributed by atoms with Gasteiger partial charge in [0, 0.05) is 49.2 Å². The van der Waals surface area contributed by atoms with E-state index in [2.05, 4.69) is 0 Å². The SMILES string of the molecule is Cc1cc(-c2cccc(S(C)(=O)=O)c2)c(Cl)cc1C1C(=O)OC2(CCN(C(=O)CCCS(N)(=O)=O)CC2)C1=O. The first-order valence-corrected chi connectivity index (χ1v) is 16.3. The van der Waals surface area contributed by atoms with Gasteiger partial charge in [-0.2, -0.15) is 0 Å². The van der Waals surface area contributed by atoms with Crippen molar-refractivity contribution in [1.82, 2.24) is 4.90 Å². The molecule has 0 saturated carbocycles. The van der Waals surface area contributed by atoms with E-state index in [4.69, 9.17) is 21.5 Å². The van der Waals surface area contributed by atoms with Crippen molar-refractivity contribution in [1.29, 1.82) is 0 Å². The zero-order valence-electron chi connectivity index (χ0n) is 21.5. The number of nitrogens with two attached hydrogens (primary N) is 1. The number of likely N-dealkylation sites (tertiary alicyclic amines) is 1. The molecule has 2 fully saturated rings. The predicted octanol–water partition coefficient (Wildman–Crippen LogP) is 2.36. The van der Waals surface area contributed by atoms with Gasteiger partial charge in [-0.1, -0.05) is 23.7 Å². The van der Waals surface area contributed by atoms with Crippen LogP contribution < -0.4 is 5.14 Å². The summed E-state index contributed by atoms with van der Waals surface area (Å²) in [5.41, 5.74) is 0.826. The second kappa shape index (κ2) is 10.6. The summed E-state index contributed by atoms with van der Waals surface area (Å²) >= 11 is 6.57. The van der Waals surface area contributed by atoms with Gasteiger partial charge < -0.3 is 9.64 Å². The highest BCUT2D eigenvalue weighted by molar-refractivity contribution is 7.90. The summed E-state index contributed by atoms with van der Waals surface area (Å²) in [4.78, 5) is 40.7. The Morgan fingerprint density at radius 1 is 1.13 bits per heavy atom. The maximum absolute atomic E-state index is 13.6. The number of ketones is 1. The second-order valence-corrected chi connectivity index (χ2v) is 14.2. The summed E-state index contributed by atoms with van der Waals surface area (Å²) in [6.45, 7) is 2.12. The first-order valence-electron chi connectivity index (χ1n) is 12.3. The molecule has 210 valence electrons. The number of benzene rings is 2. The van der Waals surface area contributed by atoms with Gasteiger partial charge in [0.2, 0.25) is 15.9 Å². The van der Waals surface area contributed by atoms with Crippen molar-refractivity contribution in [3.8, 4) is 11.1 Å². The quantitative estimate of drug-likeness (QED) is 0.377. The van der Waals surface area contributed by atoms with Gasteiger partial charge in [-0.05, 0) is 54.3 Å². The normalized spacial score (nSPS) is 19.4. The average Bonchev–Trinajstić information content (AvgIpc) is 3.08. The molecule has 10 nitrogen and oxygen atoms in total. The summed E-state index contributed by atoms with van der Waals surface area (Å²) < 4.78 is 51.8. The van der Waals surface area contributed by atoms with Crippen LogP contribution in [0.15, 0.2) is 41.3 Å². The number of nitrogens with zero attached hydrogens (tertiary/aromatic N) is 1. The molecule has 0 aromatic heterocycles. The fourth-order valence-electron chi connectivity index (χ4n) is 5.11. The number of halogens is 1. The van der Waals surface area contributed by atoms with E-state index in [1.165, 1.54) is 17.0 Å². The molecule has 2 saturated heterocycles. The van der Waals surface area contributed by atoms with Gasteiger partial charge in [0.05, 0.1) is 10.6 Å². The molecule has 2 aromatic carbocycles. The van der Waals surface area contributed by atoms with E-state index in [9.17, 15) is 31.2 Å². The van der Waals surface area contributed by atoms with Gasteiger partial charge in [-0.15, -0.1) is 0 Å². The Balaban J connectivity index is 1.51. The molecule has 1 unspecified atom stereocenters. The van der Waals surface area contributed by atoms with E-state index in [1.54, 1.807) is 31.2 Å². The lowest BCUT2D eigenvalue weighted by atomic mass is 9.80. The highest BCUT2D eigenvalue weighted by Gasteiger charge is 2.57. The van der Waals surface area contributed by atoms with Crippen LogP contribution in [0.2, 0.25) is 5.02 Å². The van der Waals surface area contributed by atoms with Gasteiger partial charge in [0.15, 0.2) is 21.2 Å². The highest BCUT2D eigenvalue weighted by atomic mass is 35.5. The highest BCUT2D eigenvalue weighted by Crippen LogP contribution is 2.43. The lowest BCUT2D eigenvalue weighted by Crippen LogP contribution is -2.50. The molecule has 39 heavy (non-hydrogen) atoms. The number of carbonyl (C=O) groups excluding carboxylic acids is 3. The Morgan fingerprint density at radius 3 is 2.41 bits per heavy atom. The number of primary sulfonamides is 1. The standard InChI is InChI=1S/C26H29ClN2O8S2/c1-16-13-20(17-5-3-6-18(14-17)38(2,33)34)21(27)15-19(16)23-24(31)26(37-25(23)32)8-10-29(11-9-26)22(30)7-4-12-39(28,35)36/h3,5-6,13-15,23H,4,7-12H2,1-2H3,(H2,28,35,36). The molecule has 1 atom stereocenters. The summed E-state index contributed by atoms with van der Waals surface area (Å²) in [6, 6.07) is 9.61. The molecule has 1 amide bonds. The molecule has 0 bridgehead atoms. The molecule has 1 spiro atoms. The number of Topliss-reactive ketones (excluding diaryl/α,β-unsaturated/α-hetero) is 1. The van der Waals surface area contributed by atoms with Crippen molar-refractivity contribution in [2.45, 2.75) is 49.0 Å². The van der Waals surface area contributed by atoms with Crippen molar-refractivity contribution in [2.24, 2.45) is 5.14 Å². The Morgan fingerprint density at radius 2 is 1.79 bits per heavy atom. The van der Waals surface area contributed by atoms with Crippen LogP contribution in [-0.2, 0) is 39.0 Å². The summed E-state index contributed by atoms with van der Waals surface area (Å²) in [6.07, 6.45) is 1.50. The topological polar surface area (TPSA) is 158 Å². The average molecular weight is 597 g/mol. The lowest BCUT2D eigenvalue weighted by Gasteiger charge is -2.37. The lowest BCUT2D eigenvalue weighted by molar-refractivity contribution is -0.158. The summed E-state index contributed by atoms with van der Waals surface area (Å²) in [7, 11) is -7.09. The third-order valence-electron chi connectivity index (χ3n) is 7.23. The zero-order chi connectivity index (χ0) is 28.8. The van der Waals surface area contributed by atoms with E-state index in [1.807, 2.05) is 0 Å². The predicted molar refractivity (Wildman–Crippen MR) is 144 cm³/mol. The second-order valence-electron chi connectivity index (χ2n) is 10.1. The monoisotopic (exact) mass is 596 g/mol. The molecule has 0 radical (unpaired) electrons. The molecule has 0 aliphatic carbocycles. The third kappa shape index (κ3) is 6.19. The number of carbonyl (C=O) groups is 3. The Labute approximate surface area is 232 Å². The van der Waals surface area contributed by atoms with Gasteiger partial charge in [0.25, 0.3) is 0 Å². The van der Waals surface area contributed by atoms with Crippen LogP contribution in [0.4, 0.5) is 0 Å². The number of ether oxygens (including phenoxy) is 1. The number of esters is 1. The fraction of sp³-hybridized carbons (Fsp3) is 0.423. The molecule has 2 aromatic rings. The number of hydrogen-bond acceptors (Lipinski definition) is 8. The van der Waals surface area contributed by atoms with E-state index in [0.717, 1.165) is 6.26 Å². The molecule has 2 aliphatic heterocycles. The van der Waals surface area contributed by atoms with Gasteiger partial charge in [-0.3, -0.25) is 14.4 Å². The number of aryl methyl sites for hydroxylation is 1. The van der Waals surface area contributed by atoms with Crippen molar-refractivity contribution in [2.75, 3.05) is 25.1 Å². The van der Waals surface area contributed by atoms with Crippen LogP contribution in [0.1, 0.15) is 42.7 Å². The Bertz CT molecular complexity index is 1560. The molecule has 2 N–H and O–H groups in total.